The highest BCUT2D eigenvalue weighted by Crippen LogP contribution is 2.20. The van der Waals surface area contributed by atoms with E-state index in [9.17, 15) is 18.5 Å². The first kappa shape index (κ1) is 20.6. The van der Waals surface area contributed by atoms with Gasteiger partial charge in [-0.05, 0) is 24.6 Å². The Morgan fingerprint density at radius 3 is 2.24 bits per heavy atom. The Hall–Kier alpha value is -3.11. The predicted octanol–water partition coefficient (Wildman–Crippen LogP) is 2.02. The summed E-state index contributed by atoms with van der Waals surface area (Å²) in [5.41, 5.74) is 7.99. The van der Waals surface area contributed by atoms with E-state index in [0.717, 1.165) is 11.1 Å². The molecule has 2 aromatic carbocycles. The highest BCUT2D eigenvalue weighted by atomic mass is 32.2. The van der Waals surface area contributed by atoms with Crippen LogP contribution in [0.1, 0.15) is 22.5 Å². The summed E-state index contributed by atoms with van der Waals surface area (Å²) in [4.78, 5) is 10.2. The van der Waals surface area contributed by atoms with Gasteiger partial charge in [0.25, 0.3) is 5.69 Å². The molecule has 0 aliphatic rings. The van der Waals surface area contributed by atoms with Crippen molar-refractivity contribution in [2.24, 2.45) is 5.73 Å². The highest BCUT2D eigenvalue weighted by molar-refractivity contribution is 7.90. The maximum atomic E-state index is 13.0. The minimum Gasteiger partial charge on any atom is -0.330 e. The van der Waals surface area contributed by atoms with Crippen molar-refractivity contribution in [1.29, 1.82) is 0 Å². The number of hydrogen-bond donors (Lipinski definition) is 1. The largest absolute Gasteiger partial charge is 0.330 e. The van der Waals surface area contributed by atoms with Crippen LogP contribution in [-0.4, -0.2) is 34.7 Å². The fourth-order valence-electron chi connectivity index (χ4n) is 2.90. The number of benzene rings is 2. The quantitative estimate of drug-likeness (QED) is 0.439. The predicted molar refractivity (Wildman–Crippen MR) is 107 cm³/mol. The van der Waals surface area contributed by atoms with Crippen molar-refractivity contribution >= 4 is 15.5 Å². The van der Waals surface area contributed by atoms with Crippen LogP contribution in [0.2, 0.25) is 0 Å². The summed E-state index contributed by atoms with van der Waals surface area (Å²) >= 11 is 0. The number of hydrogen-bond acceptors (Lipinski definition) is 7. The zero-order valence-corrected chi connectivity index (χ0v) is 16.7. The molecule has 0 aliphatic carbocycles. The first-order valence-electron chi connectivity index (χ1n) is 8.94. The number of nitrogens with two attached hydrogens (primary N) is 1. The second-order valence-corrected chi connectivity index (χ2v) is 8.58. The molecular formula is C19H21N5O4S. The number of sulfone groups is 1. The van der Waals surface area contributed by atoms with Gasteiger partial charge in [-0.2, -0.15) is 0 Å². The van der Waals surface area contributed by atoms with Crippen LogP contribution in [0.4, 0.5) is 5.69 Å². The van der Waals surface area contributed by atoms with E-state index < -0.39 is 14.8 Å². The molecule has 10 heteroatoms. The molecule has 0 fully saturated rings. The molecule has 0 aliphatic heterocycles. The van der Waals surface area contributed by atoms with Gasteiger partial charge in [-0.3, -0.25) is 14.7 Å². The normalized spacial score (nSPS) is 11.5. The molecule has 0 amide bonds. The molecule has 0 atom stereocenters. The van der Waals surface area contributed by atoms with Crippen LogP contribution in [-0.2, 0) is 28.6 Å². The third kappa shape index (κ3) is 4.84. The molecule has 2 N–H and O–H groups in total. The smallest absolute Gasteiger partial charge is 0.269 e. The third-order valence-corrected chi connectivity index (χ3v) is 5.98. The summed E-state index contributed by atoms with van der Waals surface area (Å²) in [6.45, 7) is 2.59. The van der Waals surface area contributed by atoms with Gasteiger partial charge >= 0.3 is 0 Å². The second kappa shape index (κ2) is 8.50. The fourth-order valence-corrected chi connectivity index (χ4v) is 4.33. The van der Waals surface area contributed by atoms with Gasteiger partial charge in [-0.15, -0.1) is 10.2 Å². The van der Waals surface area contributed by atoms with E-state index in [2.05, 4.69) is 10.2 Å². The Bertz CT molecular complexity index is 1110. The van der Waals surface area contributed by atoms with Gasteiger partial charge in [0.05, 0.1) is 17.2 Å². The van der Waals surface area contributed by atoms with Gasteiger partial charge in [-0.25, -0.2) is 8.42 Å². The van der Waals surface area contributed by atoms with E-state index in [-0.39, 0.29) is 16.6 Å². The number of rotatable bonds is 8. The lowest BCUT2D eigenvalue weighted by Gasteiger charge is -2.11. The SMILES string of the molecule is Cc1ccc(Cn2c(CCN)nnc2S(=O)(=O)Cc2ccc([N+](=O)[O-])cc2)cc1. The molecule has 0 radical (unpaired) electrons. The first-order chi connectivity index (χ1) is 13.8. The number of nitro groups is 1. The maximum absolute atomic E-state index is 13.0. The molecule has 1 aromatic heterocycles. The van der Waals surface area contributed by atoms with Gasteiger partial charge in [0.2, 0.25) is 15.0 Å². The second-order valence-electron chi connectivity index (χ2n) is 6.69. The summed E-state index contributed by atoms with van der Waals surface area (Å²) in [6, 6.07) is 13.2. The lowest BCUT2D eigenvalue weighted by molar-refractivity contribution is -0.384. The molecule has 1 heterocycles. The van der Waals surface area contributed by atoms with Crippen molar-refractivity contribution in [1.82, 2.24) is 14.8 Å². The average molecular weight is 415 g/mol. The van der Waals surface area contributed by atoms with Gasteiger partial charge < -0.3 is 5.73 Å². The number of aromatic nitrogens is 3. The van der Waals surface area contributed by atoms with E-state index in [1.165, 1.54) is 24.3 Å². The van der Waals surface area contributed by atoms with Crippen molar-refractivity contribution in [2.45, 2.75) is 30.8 Å². The molecule has 9 nitrogen and oxygen atoms in total. The van der Waals surface area contributed by atoms with Crippen LogP contribution < -0.4 is 5.73 Å². The zero-order valence-electron chi connectivity index (χ0n) is 15.9. The number of nitrogens with zero attached hydrogens (tertiary/aromatic N) is 4. The Labute approximate surface area is 168 Å². The molecule has 0 unspecified atom stereocenters. The summed E-state index contributed by atoms with van der Waals surface area (Å²) in [7, 11) is -3.82. The van der Waals surface area contributed by atoms with Crippen molar-refractivity contribution in [3.63, 3.8) is 0 Å². The molecule has 0 saturated heterocycles. The van der Waals surface area contributed by atoms with Gasteiger partial charge in [0.15, 0.2) is 0 Å². The molecule has 0 spiro atoms. The van der Waals surface area contributed by atoms with Crippen LogP contribution in [0.15, 0.2) is 53.7 Å². The number of non-ortho nitro benzene ring substituents is 1. The minimum atomic E-state index is -3.82. The first-order valence-corrected chi connectivity index (χ1v) is 10.6. The zero-order chi connectivity index (χ0) is 21.0. The Kier molecular flexibility index (Phi) is 6.04. The summed E-state index contributed by atoms with van der Waals surface area (Å²) < 4.78 is 27.6. The Morgan fingerprint density at radius 1 is 1.03 bits per heavy atom. The van der Waals surface area contributed by atoms with Gasteiger partial charge in [0, 0.05) is 18.6 Å². The van der Waals surface area contributed by atoms with E-state index in [1.54, 1.807) is 4.57 Å². The molecule has 3 rings (SSSR count). The average Bonchev–Trinajstić information content (AvgIpc) is 3.07. The third-order valence-electron chi connectivity index (χ3n) is 4.40. The summed E-state index contributed by atoms with van der Waals surface area (Å²) in [5, 5.41) is 18.6. The Morgan fingerprint density at radius 2 is 1.66 bits per heavy atom. The lowest BCUT2D eigenvalue weighted by atomic mass is 10.1. The van der Waals surface area contributed by atoms with Crippen LogP contribution in [0.25, 0.3) is 0 Å². The monoisotopic (exact) mass is 415 g/mol. The van der Waals surface area contributed by atoms with Crippen LogP contribution in [0, 0.1) is 17.0 Å². The van der Waals surface area contributed by atoms with Crippen LogP contribution in [0.5, 0.6) is 0 Å². The minimum absolute atomic E-state index is 0.0982. The Balaban J connectivity index is 1.93. The standard InChI is InChI=1S/C19H21N5O4S/c1-14-2-4-15(5-3-14)12-23-18(10-11-20)21-22-19(23)29(27,28)13-16-6-8-17(9-7-16)24(25)26/h2-9H,10-13,20H2,1H3. The molecule has 0 saturated carbocycles. The maximum Gasteiger partial charge on any atom is 0.269 e. The summed E-state index contributed by atoms with van der Waals surface area (Å²) in [6.07, 6.45) is 0.395. The molecule has 152 valence electrons. The van der Waals surface area contributed by atoms with E-state index in [1.807, 2.05) is 31.2 Å². The molecular weight excluding hydrogens is 394 g/mol. The number of nitro benzene ring substituents is 1. The van der Waals surface area contributed by atoms with Crippen molar-refractivity contribution in [2.75, 3.05) is 6.54 Å². The van der Waals surface area contributed by atoms with Crippen molar-refractivity contribution in [3.05, 3.63) is 81.2 Å². The van der Waals surface area contributed by atoms with E-state index >= 15 is 0 Å². The van der Waals surface area contributed by atoms with Crippen molar-refractivity contribution in [3.8, 4) is 0 Å². The van der Waals surface area contributed by atoms with Gasteiger partial charge in [-0.1, -0.05) is 42.0 Å². The van der Waals surface area contributed by atoms with Gasteiger partial charge in [0.1, 0.15) is 5.82 Å². The van der Waals surface area contributed by atoms with Crippen LogP contribution >= 0.6 is 0 Å². The van der Waals surface area contributed by atoms with Crippen LogP contribution in [0.3, 0.4) is 0 Å². The van der Waals surface area contributed by atoms with E-state index in [4.69, 9.17) is 5.73 Å². The van der Waals surface area contributed by atoms with Crippen molar-refractivity contribution < 1.29 is 13.3 Å². The molecule has 0 bridgehead atoms. The fraction of sp³-hybridized carbons (Fsp3) is 0.263. The molecule has 3 aromatic rings. The molecule has 29 heavy (non-hydrogen) atoms. The number of aryl methyl sites for hydroxylation is 1. The summed E-state index contributed by atoms with van der Waals surface area (Å²) in [5.74, 6) is 0.162. The van der Waals surface area contributed by atoms with E-state index in [0.29, 0.717) is 30.9 Å². The topological polar surface area (TPSA) is 134 Å². The highest BCUT2D eigenvalue weighted by Gasteiger charge is 2.25. The lowest BCUT2D eigenvalue weighted by Crippen LogP contribution is -2.17.